The molecule has 0 atom stereocenters. The van der Waals surface area contributed by atoms with E-state index in [0.29, 0.717) is 0 Å². The van der Waals surface area contributed by atoms with Gasteiger partial charge in [-0.15, -0.1) is 0 Å². The van der Waals surface area contributed by atoms with E-state index in [1.54, 1.807) is 0 Å². The van der Waals surface area contributed by atoms with Crippen molar-refractivity contribution >= 4 is 11.9 Å². The van der Waals surface area contributed by atoms with Crippen LogP contribution in [0.15, 0.2) is 37.5 Å². The molecule has 0 aromatic rings. The Morgan fingerprint density at radius 1 is 1.08 bits per heavy atom. The summed E-state index contributed by atoms with van der Waals surface area (Å²) in [5.74, 6) is -1.71. The van der Waals surface area contributed by atoms with E-state index in [2.05, 4.69) is 29.5 Å². The molecule has 0 amide bonds. The number of hydrogen-bond donors (Lipinski definition) is 0. The summed E-state index contributed by atoms with van der Waals surface area (Å²) in [7, 11) is 0. The summed E-state index contributed by atoms with van der Waals surface area (Å²) in [5.41, 5.74) is 0.00635. The van der Waals surface area contributed by atoms with Crippen molar-refractivity contribution in [2.75, 3.05) is 0 Å². The molecule has 0 saturated carbocycles. The molecule has 0 radical (unpaired) electrons. The molecular formula is C8H8O4. The number of hydrogen-bond acceptors (Lipinski definition) is 4. The first-order chi connectivity index (χ1) is 5.61. The van der Waals surface area contributed by atoms with Crippen molar-refractivity contribution in [2.45, 2.75) is 0 Å². The van der Waals surface area contributed by atoms with Gasteiger partial charge in [0.2, 0.25) is 0 Å². The Balaban J connectivity index is 3.87. The third-order valence-corrected chi connectivity index (χ3v) is 0.875. The molecule has 0 aliphatic heterocycles. The zero-order valence-electron chi connectivity index (χ0n) is 6.41. The van der Waals surface area contributed by atoms with Crippen LogP contribution in [0, 0.1) is 0 Å². The van der Waals surface area contributed by atoms with Crippen LogP contribution in [0.5, 0.6) is 0 Å². The smallest absolute Gasteiger partial charge is 0.242 e. The summed E-state index contributed by atoms with van der Waals surface area (Å²) in [6, 6.07) is 0. The average molecular weight is 168 g/mol. The van der Waals surface area contributed by atoms with E-state index in [1.807, 2.05) is 0 Å². The van der Waals surface area contributed by atoms with Gasteiger partial charge in [0.15, 0.2) is 0 Å². The Labute approximate surface area is 69.7 Å². The maximum absolute atomic E-state index is 10.7. The van der Waals surface area contributed by atoms with Gasteiger partial charge in [0.25, 0.3) is 0 Å². The number of carbonyl (C=O) groups is 2. The molecule has 0 aromatic heterocycles. The van der Waals surface area contributed by atoms with Crippen molar-refractivity contribution in [2.24, 2.45) is 0 Å². The summed E-state index contributed by atoms with van der Waals surface area (Å²) in [6.07, 6.45) is 2.05. The monoisotopic (exact) mass is 168 g/mol. The van der Waals surface area contributed by atoms with Crippen molar-refractivity contribution < 1.29 is 19.4 Å². The van der Waals surface area contributed by atoms with Gasteiger partial charge in [-0.3, -0.25) is 0 Å². The van der Waals surface area contributed by atoms with Gasteiger partial charge in [-0.25, -0.2) is 19.4 Å². The van der Waals surface area contributed by atoms with E-state index in [4.69, 9.17) is 0 Å². The molecule has 0 fully saturated rings. The second-order valence-electron chi connectivity index (χ2n) is 1.71. The summed E-state index contributed by atoms with van der Waals surface area (Å²) < 4.78 is 0. The molecule has 0 aromatic carbocycles. The lowest BCUT2D eigenvalue weighted by molar-refractivity contribution is -0.251. The van der Waals surface area contributed by atoms with Crippen LogP contribution in [-0.2, 0) is 19.4 Å². The number of carbonyl (C=O) groups excluding carboxylic acids is 2. The maximum Gasteiger partial charge on any atom is 0.385 e. The SMILES string of the molecule is C=CC(=C)C(=O)OOC(=O)C=C. The molecule has 0 saturated heterocycles. The van der Waals surface area contributed by atoms with Crippen LogP contribution >= 0.6 is 0 Å². The molecule has 4 heteroatoms. The molecule has 0 unspecified atom stereocenters. The molecule has 0 spiro atoms. The normalized spacial score (nSPS) is 8.00. The van der Waals surface area contributed by atoms with Crippen LogP contribution in [0.25, 0.3) is 0 Å². The van der Waals surface area contributed by atoms with E-state index < -0.39 is 11.9 Å². The van der Waals surface area contributed by atoms with Crippen LogP contribution in [0.1, 0.15) is 0 Å². The zero-order valence-corrected chi connectivity index (χ0v) is 6.41. The van der Waals surface area contributed by atoms with Gasteiger partial charge in [0, 0.05) is 6.08 Å². The van der Waals surface area contributed by atoms with Crippen LogP contribution < -0.4 is 0 Å². The van der Waals surface area contributed by atoms with Crippen molar-refractivity contribution in [1.29, 1.82) is 0 Å². The standard InChI is InChI=1S/C8H8O4/c1-4-6(3)8(10)12-11-7(9)5-2/h4-5H,1-3H2. The van der Waals surface area contributed by atoms with E-state index in [1.165, 1.54) is 6.08 Å². The fourth-order valence-corrected chi connectivity index (χ4v) is 0.250. The molecule has 0 N–H and O–H groups in total. The Hall–Kier alpha value is -1.84. The highest BCUT2D eigenvalue weighted by atomic mass is 17.2. The third kappa shape index (κ3) is 3.36. The number of rotatable bonds is 3. The quantitative estimate of drug-likeness (QED) is 0.272. The highest BCUT2D eigenvalue weighted by Gasteiger charge is 2.07. The first-order valence-corrected chi connectivity index (χ1v) is 2.98. The highest BCUT2D eigenvalue weighted by Crippen LogP contribution is 1.95. The first kappa shape index (κ1) is 10.2. The largest absolute Gasteiger partial charge is 0.385 e. The molecular weight excluding hydrogens is 160 g/mol. The second-order valence-corrected chi connectivity index (χ2v) is 1.71. The van der Waals surface area contributed by atoms with Gasteiger partial charge in [-0.05, 0) is 0 Å². The predicted molar refractivity (Wildman–Crippen MR) is 41.7 cm³/mol. The van der Waals surface area contributed by atoms with E-state index >= 15 is 0 Å². The summed E-state index contributed by atoms with van der Waals surface area (Å²) in [5, 5.41) is 0. The molecule has 0 rings (SSSR count). The maximum atomic E-state index is 10.7. The zero-order chi connectivity index (χ0) is 9.56. The van der Waals surface area contributed by atoms with Crippen LogP contribution in [0.3, 0.4) is 0 Å². The molecule has 0 heterocycles. The van der Waals surface area contributed by atoms with Gasteiger partial charge in [0.05, 0.1) is 5.57 Å². The predicted octanol–water partition coefficient (Wildman–Crippen LogP) is 0.916. The Kier molecular flexibility index (Phi) is 4.15. The van der Waals surface area contributed by atoms with Gasteiger partial charge >= 0.3 is 11.9 Å². The molecule has 12 heavy (non-hydrogen) atoms. The van der Waals surface area contributed by atoms with E-state index in [0.717, 1.165) is 6.08 Å². The summed E-state index contributed by atoms with van der Waals surface area (Å²) >= 11 is 0. The fourth-order valence-electron chi connectivity index (χ4n) is 0.250. The Bertz CT molecular complexity index is 239. The lowest BCUT2D eigenvalue weighted by Crippen LogP contribution is -2.09. The van der Waals surface area contributed by atoms with Crippen LogP contribution in [-0.4, -0.2) is 11.9 Å². The Morgan fingerprint density at radius 2 is 1.67 bits per heavy atom. The van der Waals surface area contributed by atoms with E-state index in [-0.39, 0.29) is 5.57 Å². The molecule has 0 bridgehead atoms. The van der Waals surface area contributed by atoms with Gasteiger partial charge in [-0.1, -0.05) is 25.8 Å². The first-order valence-electron chi connectivity index (χ1n) is 2.98. The van der Waals surface area contributed by atoms with Crippen molar-refractivity contribution in [3.8, 4) is 0 Å². The van der Waals surface area contributed by atoms with Crippen molar-refractivity contribution in [3.63, 3.8) is 0 Å². The molecule has 0 aliphatic rings. The minimum Gasteiger partial charge on any atom is -0.242 e. The van der Waals surface area contributed by atoms with Gasteiger partial charge in [-0.2, -0.15) is 0 Å². The third-order valence-electron chi connectivity index (χ3n) is 0.875. The summed E-state index contributed by atoms with van der Waals surface area (Å²) in [4.78, 5) is 29.0. The highest BCUT2D eigenvalue weighted by molar-refractivity contribution is 5.91. The topological polar surface area (TPSA) is 52.6 Å². The minimum absolute atomic E-state index is 0.00635. The van der Waals surface area contributed by atoms with Gasteiger partial charge in [0.1, 0.15) is 0 Å². The Morgan fingerprint density at radius 3 is 2.08 bits per heavy atom. The van der Waals surface area contributed by atoms with Gasteiger partial charge < -0.3 is 0 Å². The van der Waals surface area contributed by atoms with E-state index in [9.17, 15) is 9.59 Å². The fraction of sp³-hybridized carbons (Fsp3) is 0. The molecule has 0 aliphatic carbocycles. The van der Waals surface area contributed by atoms with Crippen molar-refractivity contribution in [3.05, 3.63) is 37.5 Å². The summed E-state index contributed by atoms with van der Waals surface area (Å²) in [6.45, 7) is 9.63. The lowest BCUT2D eigenvalue weighted by atomic mass is 10.3. The minimum atomic E-state index is -0.861. The molecule has 4 nitrogen and oxygen atoms in total. The molecule has 64 valence electrons. The lowest BCUT2D eigenvalue weighted by Gasteiger charge is -1.98. The van der Waals surface area contributed by atoms with Crippen molar-refractivity contribution in [1.82, 2.24) is 0 Å². The second kappa shape index (κ2) is 4.90. The average Bonchev–Trinajstić information content (AvgIpc) is 2.11. The van der Waals surface area contributed by atoms with Crippen LogP contribution in [0.2, 0.25) is 0 Å². The van der Waals surface area contributed by atoms with Crippen LogP contribution in [0.4, 0.5) is 0 Å².